The van der Waals surface area contributed by atoms with Gasteiger partial charge < -0.3 is 20.3 Å². The van der Waals surface area contributed by atoms with Crippen LogP contribution in [-0.4, -0.2) is 48.1 Å². The topological polar surface area (TPSA) is 96.5 Å². The molecule has 1 fully saturated rings. The highest BCUT2D eigenvalue weighted by Crippen LogP contribution is 2.24. The number of aromatic nitrogens is 2. The number of urea groups is 1. The summed E-state index contributed by atoms with van der Waals surface area (Å²) in [5.74, 6) is -1.30. The van der Waals surface area contributed by atoms with Gasteiger partial charge in [0.05, 0.1) is 41.7 Å². The van der Waals surface area contributed by atoms with Gasteiger partial charge in [-0.1, -0.05) is 12.1 Å². The maximum Gasteiger partial charge on any atom is 0.323 e. The number of rotatable bonds is 5. The van der Waals surface area contributed by atoms with Crippen molar-refractivity contribution in [1.29, 1.82) is 0 Å². The van der Waals surface area contributed by atoms with E-state index in [-0.39, 0.29) is 22.5 Å². The minimum atomic E-state index is -0.884. The van der Waals surface area contributed by atoms with Crippen molar-refractivity contribution in [1.82, 2.24) is 9.97 Å². The first-order chi connectivity index (χ1) is 17.5. The standard InChI is InChI=1S/C26H21F2N5O3/c27-17-3-1-4-18(14-17)30-26(35)32-21-6-2-5-19(24(21)28)25(34)16-7-8-20-22(13-16)31-23(15-29-20)33-9-11-36-12-10-33/h1-8,13-15H,9-12H2,(H2,30,32,35). The summed E-state index contributed by atoms with van der Waals surface area (Å²) in [6.45, 7) is 2.58. The summed E-state index contributed by atoms with van der Waals surface area (Å²) in [6.07, 6.45) is 1.68. The molecule has 0 aliphatic carbocycles. The molecule has 0 unspecified atom stereocenters. The highest BCUT2D eigenvalue weighted by Gasteiger charge is 2.19. The number of halogens is 2. The number of benzene rings is 3. The Morgan fingerprint density at radius 1 is 0.917 bits per heavy atom. The molecular weight excluding hydrogens is 468 g/mol. The van der Waals surface area contributed by atoms with Crippen molar-refractivity contribution >= 4 is 40.0 Å². The second kappa shape index (κ2) is 10.0. The summed E-state index contributed by atoms with van der Waals surface area (Å²) in [7, 11) is 0. The number of morpholine rings is 1. The number of amides is 2. The minimum absolute atomic E-state index is 0.190. The van der Waals surface area contributed by atoms with Gasteiger partial charge in [-0.25, -0.2) is 18.6 Å². The van der Waals surface area contributed by atoms with Crippen molar-refractivity contribution in [2.45, 2.75) is 0 Å². The van der Waals surface area contributed by atoms with Crippen molar-refractivity contribution in [2.24, 2.45) is 0 Å². The second-order valence-corrected chi connectivity index (χ2v) is 8.12. The fourth-order valence-corrected chi connectivity index (χ4v) is 3.90. The first-order valence-corrected chi connectivity index (χ1v) is 11.2. The number of hydrogen-bond acceptors (Lipinski definition) is 6. The number of anilines is 3. The number of ether oxygens (including phenoxy) is 1. The molecule has 1 aromatic heterocycles. The van der Waals surface area contributed by atoms with Gasteiger partial charge in [0.15, 0.2) is 11.6 Å². The summed E-state index contributed by atoms with van der Waals surface area (Å²) < 4.78 is 33.9. The summed E-state index contributed by atoms with van der Waals surface area (Å²) >= 11 is 0. The number of nitrogens with one attached hydrogen (secondary N) is 2. The van der Waals surface area contributed by atoms with E-state index in [0.717, 1.165) is 6.07 Å². The first kappa shape index (κ1) is 23.3. The number of hydrogen-bond donors (Lipinski definition) is 2. The molecule has 1 saturated heterocycles. The monoisotopic (exact) mass is 489 g/mol. The molecule has 182 valence electrons. The third-order valence-electron chi connectivity index (χ3n) is 5.70. The van der Waals surface area contributed by atoms with Crippen molar-refractivity contribution in [3.8, 4) is 0 Å². The summed E-state index contributed by atoms with van der Waals surface area (Å²) in [5, 5.41) is 4.78. The predicted molar refractivity (Wildman–Crippen MR) is 131 cm³/mol. The Labute approximate surface area is 204 Å². The third kappa shape index (κ3) is 4.98. The molecule has 0 atom stereocenters. The van der Waals surface area contributed by atoms with E-state index in [1.165, 1.54) is 36.4 Å². The Kier molecular flexibility index (Phi) is 6.50. The van der Waals surface area contributed by atoms with Crippen LogP contribution in [0.1, 0.15) is 15.9 Å². The van der Waals surface area contributed by atoms with Gasteiger partial charge in [-0.05, 0) is 48.5 Å². The van der Waals surface area contributed by atoms with Gasteiger partial charge in [-0.2, -0.15) is 0 Å². The lowest BCUT2D eigenvalue weighted by Gasteiger charge is -2.27. The number of carbonyl (C=O) groups excluding carboxylic acids is 2. The Balaban J connectivity index is 1.37. The van der Waals surface area contributed by atoms with Gasteiger partial charge in [0, 0.05) is 24.3 Å². The zero-order valence-corrected chi connectivity index (χ0v) is 19.0. The van der Waals surface area contributed by atoms with Crippen LogP contribution in [-0.2, 0) is 4.74 Å². The smallest absolute Gasteiger partial charge is 0.323 e. The van der Waals surface area contributed by atoms with Crippen molar-refractivity contribution in [2.75, 3.05) is 41.8 Å². The van der Waals surface area contributed by atoms with Crippen LogP contribution in [0.4, 0.5) is 30.8 Å². The summed E-state index contributed by atoms with van der Waals surface area (Å²) in [4.78, 5) is 36.6. The molecule has 36 heavy (non-hydrogen) atoms. The SMILES string of the molecule is O=C(Nc1cccc(F)c1)Nc1cccc(C(=O)c2ccc3ncc(N4CCOCC4)nc3c2)c1F. The average molecular weight is 489 g/mol. The molecule has 0 bridgehead atoms. The number of nitrogens with zero attached hydrogens (tertiary/aromatic N) is 3. The highest BCUT2D eigenvalue weighted by atomic mass is 19.1. The average Bonchev–Trinajstić information content (AvgIpc) is 2.89. The highest BCUT2D eigenvalue weighted by molar-refractivity contribution is 6.11. The van der Waals surface area contributed by atoms with Gasteiger partial charge in [-0.15, -0.1) is 0 Å². The number of fused-ring (bicyclic) bond motifs is 1. The lowest BCUT2D eigenvalue weighted by molar-refractivity contribution is 0.103. The van der Waals surface area contributed by atoms with Gasteiger partial charge >= 0.3 is 6.03 Å². The lowest BCUT2D eigenvalue weighted by Crippen LogP contribution is -2.36. The Morgan fingerprint density at radius 3 is 2.53 bits per heavy atom. The van der Waals surface area contributed by atoms with E-state index in [2.05, 4.69) is 20.6 Å². The molecule has 3 aromatic carbocycles. The molecule has 0 spiro atoms. The van der Waals surface area contributed by atoms with E-state index in [0.29, 0.717) is 43.2 Å². The van der Waals surface area contributed by atoms with E-state index < -0.39 is 23.4 Å². The Hall–Kier alpha value is -4.44. The molecule has 1 aliphatic heterocycles. The zero-order valence-electron chi connectivity index (χ0n) is 19.0. The van der Waals surface area contributed by atoms with Crippen LogP contribution in [0.3, 0.4) is 0 Å². The third-order valence-corrected chi connectivity index (χ3v) is 5.70. The maximum absolute atomic E-state index is 15.2. The maximum atomic E-state index is 15.2. The van der Waals surface area contributed by atoms with Crippen LogP contribution in [0.15, 0.2) is 66.9 Å². The van der Waals surface area contributed by atoms with Crippen molar-refractivity contribution in [3.63, 3.8) is 0 Å². The van der Waals surface area contributed by atoms with E-state index in [4.69, 9.17) is 4.74 Å². The predicted octanol–water partition coefficient (Wildman–Crippen LogP) is 4.62. The van der Waals surface area contributed by atoms with E-state index in [1.807, 2.05) is 4.90 Å². The number of ketones is 1. The van der Waals surface area contributed by atoms with E-state index >= 15 is 4.39 Å². The van der Waals surface area contributed by atoms with Crippen LogP contribution in [0.25, 0.3) is 11.0 Å². The quantitative estimate of drug-likeness (QED) is 0.397. The minimum Gasteiger partial charge on any atom is -0.378 e. The normalized spacial score (nSPS) is 13.4. The van der Waals surface area contributed by atoms with Crippen LogP contribution in [0, 0.1) is 11.6 Å². The fourth-order valence-electron chi connectivity index (χ4n) is 3.90. The summed E-state index contributed by atoms with van der Waals surface area (Å²) in [5.41, 5.74) is 1.15. The molecule has 1 aliphatic rings. The molecule has 2 amide bonds. The van der Waals surface area contributed by atoms with Crippen LogP contribution in [0.2, 0.25) is 0 Å². The molecular formula is C26H21F2N5O3. The molecule has 0 radical (unpaired) electrons. The zero-order chi connectivity index (χ0) is 25.1. The molecule has 10 heteroatoms. The molecule has 5 rings (SSSR count). The van der Waals surface area contributed by atoms with Crippen molar-refractivity contribution < 1.29 is 23.1 Å². The van der Waals surface area contributed by atoms with E-state index in [1.54, 1.807) is 24.4 Å². The largest absolute Gasteiger partial charge is 0.378 e. The van der Waals surface area contributed by atoms with Gasteiger partial charge in [-0.3, -0.25) is 9.78 Å². The number of carbonyl (C=O) groups is 2. The van der Waals surface area contributed by atoms with Gasteiger partial charge in [0.1, 0.15) is 11.6 Å². The molecule has 0 saturated carbocycles. The molecule has 2 heterocycles. The second-order valence-electron chi connectivity index (χ2n) is 8.12. The molecule has 4 aromatic rings. The van der Waals surface area contributed by atoms with Crippen LogP contribution >= 0.6 is 0 Å². The van der Waals surface area contributed by atoms with Crippen LogP contribution < -0.4 is 15.5 Å². The lowest BCUT2D eigenvalue weighted by atomic mass is 10.0. The van der Waals surface area contributed by atoms with E-state index in [9.17, 15) is 14.0 Å². The fraction of sp³-hybridized carbons (Fsp3) is 0.154. The summed E-state index contributed by atoms with van der Waals surface area (Å²) in [6, 6.07) is 13.4. The van der Waals surface area contributed by atoms with Gasteiger partial charge in [0.2, 0.25) is 0 Å². The van der Waals surface area contributed by atoms with Crippen LogP contribution in [0.5, 0.6) is 0 Å². The Bertz CT molecular complexity index is 1460. The molecule has 2 N–H and O–H groups in total. The van der Waals surface area contributed by atoms with Gasteiger partial charge in [0.25, 0.3) is 0 Å². The molecule has 8 nitrogen and oxygen atoms in total. The first-order valence-electron chi connectivity index (χ1n) is 11.2. The Morgan fingerprint density at radius 2 is 1.72 bits per heavy atom. The van der Waals surface area contributed by atoms with Crippen molar-refractivity contribution in [3.05, 3.63) is 89.6 Å².